The zero-order valence-electron chi connectivity index (χ0n) is 8.66. The van der Waals surface area contributed by atoms with E-state index < -0.39 is 0 Å². The Hall–Kier alpha value is -0.120. The average molecular weight is 185 g/mol. The summed E-state index contributed by atoms with van der Waals surface area (Å²) >= 11 is 0. The van der Waals surface area contributed by atoms with Crippen LogP contribution in [0.1, 0.15) is 13.8 Å². The molecule has 0 aromatic heterocycles. The number of hydrogen-bond acceptors (Lipinski definition) is 3. The van der Waals surface area contributed by atoms with Crippen LogP contribution in [-0.4, -0.2) is 42.8 Å². The van der Waals surface area contributed by atoms with Crippen molar-refractivity contribution >= 4 is 0 Å². The zero-order valence-corrected chi connectivity index (χ0v) is 8.66. The predicted octanol–water partition coefficient (Wildman–Crippen LogP) is 0.0997. The van der Waals surface area contributed by atoms with Gasteiger partial charge in [0.1, 0.15) is 0 Å². The van der Waals surface area contributed by atoms with Gasteiger partial charge < -0.3 is 15.7 Å². The molecule has 0 aromatic carbocycles. The first kappa shape index (κ1) is 11.0. The number of hydrogen-bond donors (Lipinski definition) is 2. The summed E-state index contributed by atoms with van der Waals surface area (Å²) in [6, 6.07) is 0. The normalized spacial score (nSPS) is 30.2. The van der Waals surface area contributed by atoms with Crippen molar-refractivity contribution < 1.29 is 5.11 Å². The Morgan fingerprint density at radius 3 is 2.38 bits per heavy atom. The predicted molar refractivity (Wildman–Crippen MR) is 54.2 cm³/mol. The van der Waals surface area contributed by atoms with Gasteiger partial charge in [0, 0.05) is 26.2 Å². The van der Waals surface area contributed by atoms with Gasteiger partial charge in [0.25, 0.3) is 0 Å². The summed E-state index contributed by atoms with van der Waals surface area (Å²) in [6.45, 7) is 8.36. The molecular weight excluding hydrogens is 164 g/mol. The van der Waals surface area contributed by atoms with Crippen molar-refractivity contribution in [2.75, 3.05) is 32.8 Å². The molecule has 1 radical (unpaired) electrons. The first-order valence-electron chi connectivity index (χ1n) is 4.99. The van der Waals surface area contributed by atoms with Crippen molar-refractivity contribution in [3.05, 3.63) is 5.92 Å². The summed E-state index contributed by atoms with van der Waals surface area (Å²) in [7, 11) is 0. The third-order valence-electron chi connectivity index (χ3n) is 2.73. The third-order valence-corrected chi connectivity index (χ3v) is 2.73. The minimum absolute atomic E-state index is 0.279. The Balaban J connectivity index is 2.38. The monoisotopic (exact) mass is 185 g/mol. The van der Waals surface area contributed by atoms with Gasteiger partial charge in [0.2, 0.25) is 0 Å². The second-order valence-electron chi connectivity index (χ2n) is 4.34. The van der Waals surface area contributed by atoms with Gasteiger partial charge in [0.15, 0.2) is 0 Å². The lowest BCUT2D eigenvalue weighted by Gasteiger charge is -2.17. The second kappa shape index (κ2) is 4.94. The molecule has 1 heterocycles. The SMILES string of the molecule is C[C](C)CN1CC(CN)C(CO)C1. The Morgan fingerprint density at radius 1 is 1.38 bits per heavy atom. The number of likely N-dealkylation sites (tertiary alicyclic amines) is 1. The highest BCUT2D eigenvalue weighted by Crippen LogP contribution is 2.22. The fourth-order valence-corrected chi connectivity index (χ4v) is 2.09. The fraction of sp³-hybridized carbons (Fsp3) is 0.900. The minimum Gasteiger partial charge on any atom is -0.396 e. The Morgan fingerprint density at radius 2 is 2.00 bits per heavy atom. The highest BCUT2D eigenvalue weighted by Gasteiger charge is 2.31. The van der Waals surface area contributed by atoms with Gasteiger partial charge in [-0.25, -0.2) is 0 Å². The Kier molecular flexibility index (Phi) is 4.16. The van der Waals surface area contributed by atoms with E-state index in [4.69, 9.17) is 10.8 Å². The van der Waals surface area contributed by atoms with E-state index in [2.05, 4.69) is 18.7 Å². The maximum absolute atomic E-state index is 9.13. The summed E-state index contributed by atoms with van der Waals surface area (Å²) in [6.07, 6.45) is 0. The largest absolute Gasteiger partial charge is 0.396 e. The van der Waals surface area contributed by atoms with Gasteiger partial charge in [-0.1, -0.05) is 13.8 Å². The van der Waals surface area contributed by atoms with Crippen LogP contribution < -0.4 is 5.73 Å². The Bertz CT molecular complexity index is 138. The van der Waals surface area contributed by atoms with Crippen LogP contribution in [0.4, 0.5) is 0 Å². The average Bonchev–Trinajstić information content (AvgIpc) is 2.45. The molecule has 13 heavy (non-hydrogen) atoms. The van der Waals surface area contributed by atoms with Crippen molar-refractivity contribution in [2.24, 2.45) is 17.6 Å². The number of aliphatic hydroxyl groups is 1. The lowest BCUT2D eigenvalue weighted by Crippen LogP contribution is -2.26. The molecule has 1 saturated heterocycles. The maximum atomic E-state index is 9.13. The molecule has 3 heteroatoms. The third kappa shape index (κ3) is 2.93. The van der Waals surface area contributed by atoms with E-state index in [-0.39, 0.29) is 6.61 Å². The smallest absolute Gasteiger partial charge is 0.0475 e. The van der Waals surface area contributed by atoms with Gasteiger partial charge in [0.05, 0.1) is 0 Å². The van der Waals surface area contributed by atoms with Crippen LogP contribution in [0.25, 0.3) is 0 Å². The van der Waals surface area contributed by atoms with Crippen molar-refractivity contribution in [3.63, 3.8) is 0 Å². The molecule has 3 N–H and O–H groups in total. The van der Waals surface area contributed by atoms with Crippen LogP contribution in [0, 0.1) is 17.8 Å². The lowest BCUT2D eigenvalue weighted by atomic mass is 9.97. The Labute approximate surface area is 80.9 Å². The molecule has 2 unspecified atom stereocenters. The molecule has 3 nitrogen and oxygen atoms in total. The van der Waals surface area contributed by atoms with Crippen LogP contribution >= 0.6 is 0 Å². The lowest BCUT2D eigenvalue weighted by molar-refractivity contribution is 0.203. The van der Waals surface area contributed by atoms with Crippen LogP contribution in [0.15, 0.2) is 0 Å². The fourth-order valence-electron chi connectivity index (χ4n) is 2.09. The first-order chi connectivity index (χ1) is 6.17. The number of nitrogens with two attached hydrogens (primary N) is 1. The summed E-state index contributed by atoms with van der Waals surface area (Å²) < 4.78 is 0. The first-order valence-corrected chi connectivity index (χ1v) is 4.99. The molecule has 0 bridgehead atoms. The summed E-state index contributed by atoms with van der Waals surface area (Å²) in [5.74, 6) is 2.31. The van der Waals surface area contributed by atoms with E-state index in [0.29, 0.717) is 18.4 Å². The molecule has 0 aromatic rings. The molecule has 0 aliphatic carbocycles. The van der Waals surface area contributed by atoms with Gasteiger partial charge in [-0.2, -0.15) is 0 Å². The zero-order chi connectivity index (χ0) is 9.84. The van der Waals surface area contributed by atoms with E-state index in [1.165, 1.54) is 5.92 Å². The van der Waals surface area contributed by atoms with Crippen LogP contribution in [0.5, 0.6) is 0 Å². The van der Waals surface area contributed by atoms with Gasteiger partial charge in [-0.3, -0.25) is 0 Å². The van der Waals surface area contributed by atoms with Gasteiger partial charge in [-0.15, -0.1) is 0 Å². The molecule has 0 amide bonds. The minimum atomic E-state index is 0.279. The molecule has 77 valence electrons. The molecule has 1 fully saturated rings. The number of nitrogens with zero attached hydrogens (tertiary/aromatic N) is 1. The van der Waals surface area contributed by atoms with Gasteiger partial charge >= 0.3 is 0 Å². The number of rotatable bonds is 4. The van der Waals surface area contributed by atoms with Crippen molar-refractivity contribution in [2.45, 2.75) is 13.8 Å². The standard InChI is InChI=1S/C10H21N2O/c1-8(2)4-12-5-9(3-11)10(6-12)7-13/h9-10,13H,3-7,11H2,1-2H3. The number of aliphatic hydroxyl groups excluding tert-OH is 1. The molecule has 1 aliphatic heterocycles. The molecular formula is C10H21N2O. The second-order valence-corrected chi connectivity index (χ2v) is 4.34. The highest BCUT2D eigenvalue weighted by molar-refractivity contribution is 4.90. The van der Waals surface area contributed by atoms with Crippen molar-refractivity contribution in [3.8, 4) is 0 Å². The molecule has 0 saturated carbocycles. The van der Waals surface area contributed by atoms with Crippen molar-refractivity contribution in [1.82, 2.24) is 4.90 Å². The van der Waals surface area contributed by atoms with E-state index in [1.807, 2.05) is 0 Å². The van der Waals surface area contributed by atoms with Crippen LogP contribution in [-0.2, 0) is 0 Å². The molecule has 2 atom stereocenters. The molecule has 0 spiro atoms. The van der Waals surface area contributed by atoms with E-state index in [0.717, 1.165) is 19.6 Å². The topological polar surface area (TPSA) is 49.5 Å². The van der Waals surface area contributed by atoms with E-state index >= 15 is 0 Å². The quantitative estimate of drug-likeness (QED) is 0.653. The van der Waals surface area contributed by atoms with E-state index in [1.54, 1.807) is 0 Å². The molecule has 1 rings (SSSR count). The van der Waals surface area contributed by atoms with E-state index in [9.17, 15) is 0 Å². The van der Waals surface area contributed by atoms with Gasteiger partial charge in [-0.05, 0) is 24.3 Å². The maximum Gasteiger partial charge on any atom is 0.0475 e. The summed E-state index contributed by atoms with van der Waals surface area (Å²) in [5.41, 5.74) is 5.65. The van der Waals surface area contributed by atoms with Crippen LogP contribution in [0.3, 0.4) is 0 Å². The molecule has 1 aliphatic rings. The van der Waals surface area contributed by atoms with Crippen molar-refractivity contribution in [1.29, 1.82) is 0 Å². The summed E-state index contributed by atoms with van der Waals surface area (Å²) in [5, 5.41) is 9.13. The summed E-state index contributed by atoms with van der Waals surface area (Å²) in [4.78, 5) is 2.38. The highest BCUT2D eigenvalue weighted by atomic mass is 16.3. The van der Waals surface area contributed by atoms with Crippen LogP contribution in [0.2, 0.25) is 0 Å².